The number of hydrogen-bond donors (Lipinski definition) is 1. The second kappa shape index (κ2) is 7.63. The molecule has 130 valence electrons. The fourth-order valence-electron chi connectivity index (χ4n) is 2.35. The number of aryl methyl sites for hydroxylation is 1. The minimum Gasteiger partial charge on any atom is -0.545 e. The van der Waals surface area contributed by atoms with Gasteiger partial charge in [0, 0.05) is 11.9 Å². The summed E-state index contributed by atoms with van der Waals surface area (Å²) in [6.45, 7) is 0.391. The van der Waals surface area contributed by atoms with Crippen LogP contribution >= 0.6 is 11.3 Å². The fourth-order valence-corrected chi connectivity index (χ4v) is 3.07. The van der Waals surface area contributed by atoms with E-state index in [1.54, 1.807) is 10.9 Å². The second-order valence-electron chi connectivity index (χ2n) is 5.36. The standard InChI is InChI=1S/C18H14N4O3S/c19-8-2-9-22-11-14(16(21-22)15-3-1-10-26-15)17(23)20-13-6-4-12(5-7-13)18(24)25/h1,3-7,10-11H,2,9H2,(H,20,23)(H,24,25)/p-1. The van der Waals surface area contributed by atoms with Gasteiger partial charge in [-0.25, -0.2) is 0 Å². The Bertz CT molecular complexity index is 969. The first-order chi connectivity index (χ1) is 12.6. The zero-order valence-corrected chi connectivity index (χ0v) is 14.3. The molecule has 0 bridgehead atoms. The smallest absolute Gasteiger partial charge is 0.259 e. The molecular weight excluding hydrogens is 352 g/mol. The van der Waals surface area contributed by atoms with Crippen LogP contribution in [0, 0.1) is 11.3 Å². The van der Waals surface area contributed by atoms with Crippen LogP contribution in [0.1, 0.15) is 27.1 Å². The number of nitriles is 1. The summed E-state index contributed by atoms with van der Waals surface area (Å²) in [5.41, 5.74) is 1.42. The topological polar surface area (TPSA) is 111 Å². The number of carbonyl (C=O) groups excluding carboxylic acids is 2. The van der Waals surface area contributed by atoms with Gasteiger partial charge in [-0.3, -0.25) is 9.48 Å². The first kappa shape index (κ1) is 17.4. The Morgan fingerprint density at radius 1 is 1.27 bits per heavy atom. The molecule has 1 N–H and O–H groups in total. The number of aromatic carboxylic acids is 1. The second-order valence-corrected chi connectivity index (χ2v) is 6.31. The number of nitrogens with zero attached hydrogens (tertiary/aromatic N) is 3. The van der Waals surface area contributed by atoms with Crippen molar-refractivity contribution < 1.29 is 14.7 Å². The lowest BCUT2D eigenvalue weighted by atomic mass is 10.2. The number of benzene rings is 1. The van der Waals surface area contributed by atoms with Gasteiger partial charge in [0.2, 0.25) is 0 Å². The van der Waals surface area contributed by atoms with E-state index in [0.717, 1.165) is 4.88 Å². The minimum absolute atomic E-state index is 0.0339. The summed E-state index contributed by atoms with van der Waals surface area (Å²) < 4.78 is 1.58. The summed E-state index contributed by atoms with van der Waals surface area (Å²) in [6.07, 6.45) is 1.90. The summed E-state index contributed by atoms with van der Waals surface area (Å²) in [4.78, 5) is 24.3. The molecule has 0 aliphatic carbocycles. The summed E-state index contributed by atoms with van der Waals surface area (Å²) in [5, 5.41) is 28.6. The maximum atomic E-state index is 12.7. The molecule has 1 amide bonds. The van der Waals surface area contributed by atoms with Crippen molar-refractivity contribution in [3.63, 3.8) is 0 Å². The predicted molar refractivity (Wildman–Crippen MR) is 94.5 cm³/mol. The number of rotatable bonds is 6. The Hall–Kier alpha value is -3.44. The molecule has 3 aromatic rings. The zero-order chi connectivity index (χ0) is 18.5. The Labute approximate surface area is 153 Å². The zero-order valence-electron chi connectivity index (χ0n) is 13.5. The van der Waals surface area contributed by atoms with Gasteiger partial charge in [0.05, 0.1) is 35.4 Å². The minimum atomic E-state index is -1.28. The van der Waals surface area contributed by atoms with E-state index in [2.05, 4.69) is 16.5 Å². The van der Waals surface area contributed by atoms with Crippen molar-refractivity contribution in [1.29, 1.82) is 5.26 Å². The number of thiophene rings is 1. The Morgan fingerprint density at radius 2 is 2.04 bits per heavy atom. The predicted octanol–water partition coefficient (Wildman–Crippen LogP) is 2.14. The van der Waals surface area contributed by atoms with Gasteiger partial charge in [-0.05, 0) is 29.1 Å². The Morgan fingerprint density at radius 3 is 2.65 bits per heavy atom. The van der Waals surface area contributed by atoms with E-state index < -0.39 is 5.97 Å². The van der Waals surface area contributed by atoms with Gasteiger partial charge < -0.3 is 15.2 Å². The van der Waals surface area contributed by atoms with Crippen molar-refractivity contribution in [3.05, 3.63) is 59.1 Å². The molecule has 0 fully saturated rings. The van der Waals surface area contributed by atoms with Crippen molar-refractivity contribution in [1.82, 2.24) is 9.78 Å². The lowest BCUT2D eigenvalue weighted by Gasteiger charge is -2.07. The maximum absolute atomic E-state index is 12.7. The summed E-state index contributed by atoms with van der Waals surface area (Å²) in [6, 6.07) is 11.5. The van der Waals surface area contributed by atoms with E-state index in [0.29, 0.717) is 23.5 Å². The molecule has 0 spiro atoms. The highest BCUT2D eigenvalue weighted by molar-refractivity contribution is 7.13. The third-order valence-corrected chi connectivity index (χ3v) is 4.47. The van der Waals surface area contributed by atoms with Crippen molar-refractivity contribution in [2.75, 3.05) is 5.32 Å². The number of carboxylic acid groups (broad SMARTS) is 1. The number of hydrogen-bond acceptors (Lipinski definition) is 6. The summed E-state index contributed by atoms with van der Waals surface area (Å²) in [7, 11) is 0. The van der Waals surface area contributed by atoms with E-state index in [4.69, 9.17) is 5.26 Å². The third kappa shape index (κ3) is 3.79. The van der Waals surface area contributed by atoms with E-state index >= 15 is 0 Å². The molecule has 7 nitrogen and oxygen atoms in total. The molecule has 0 unspecified atom stereocenters. The van der Waals surface area contributed by atoms with Crippen molar-refractivity contribution in [2.24, 2.45) is 0 Å². The van der Waals surface area contributed by atoms with Gasteiger partial charge in [0.15, 0.2) is 0 Å². The normalized spacial score (nSPS) is 10.3. The molecule has 0 saturated heterocycles. The van der Waals surface area contributed by atoms with Crippen molar-refractivity contribution in [3.8, 4) is 16.6 Å². The average molecular weight is 365 g/mol. The summed E-state index contributed by atoms with van der Waals surface area (Å²) in [5.74, 6) is -1.64. The van der Waals surface area contributed by atoms with Gasteiger partial charge in [-0.2, -0.15) is 10.4 Å². The Kier molecular flexibility index (Phi) is 5.10. The van der Waals surface area contributed by atoms with Crippen LogP contribution in [0.5, 0.6) is 0 Å². The van der Waals surface area contributed by atoms with E-state index in [1.807, 2.05) is 17.5 Å². The number of anilines is 1. The van der Waals surface area contributed by atoms with Crippen LogP contribution in [0.15, 0.2) is 48.0 Å². The molecule has 0 radical (unpaired) electrons. The number of carboxylic acids is 1. The molecular formula is C18H13N4O3S-. The van der Waals surface area contributed by atoms with Crippen LogP contribution in [0.25, 0.3) is 10.6 Å². The molecule has 0 atom stereocenters. The van der Waals surface area contributed by atoms with Crippen molar-refractivity contribution >= 4 is 28.9 Å². The van der Waals surface area contributed by atoms with Gasteiger partial charge >= 0.3 is 0 Å². The van der Waals surface area contributed by atoms with Gasteiger partial charge in [0.1, 0.15) is 5.69 Å². The maximum Gasteiger partial charge on any atom is 0.259 e. The molecule has 0 saturated carbocycles. The summed E-state index contributed by atoms with van der Waals surface area (Å²) >= 11 is 1.46. The Balaban J connectivity index is 1.86. The average Bonchev–Trinajstić information content (AvgIpc) is 3.29. The third-order valence-electron chi connectivity index (χ3n) is 3.59. The largest absolute Gasteiger partial charge is 0.545 e. The van der Waals surface area contributed by atoms with E-state index in [1.165, 1.54) is 35.6 Å². The molecule has 0 aliphatic heterocycles. The first-order valence-corrected chi connectivity index (χ1v) is 8.57. The monoisotopic (exact) mass is 365 g/mol. The molecule has 2 heterocycles. The molecule has 3 rings (SSSR count). The van der Waals surface area contributed by atoms with Crippen LogP contribution in [-0.4, -0.2) is 21.7 Å². The highest BCUT2D eigenvalue weighted by Crippen LogP contribution is 2.27. The lowest BCUT2D eigenvalue weighted by Crippen LogP contribution is -2.22. The quantitative estimate of drug-likeness (QED) is 0.719. The van der Waals surface area contributed by atoms with Gasteiger partial charge in [-0.15, -0.1) is 11.3 Å². The number of carbonyl (C=O) groups is 2. The number of nitrogens with one attached hydrogen (secondary N) is 1. The first-order valence-electron chi connectivity index (χ1n) is 7.69. The van der Waals surface area contributed by atoms with Crippen LogP contribution < -0.4 is 10.4 Å². The van der Waals surface area contributed by atoms with Gasteiger partial charge in [0.25, 0.3) is 5.91 Å². The van der Waals surface area contributed by atoms with Crippen LogP contribution in [0.2, 0.25) is 0 Å². The highest BCUT2D eigenvalue weighted by atomic mass is 32.1. The van der Waals surface area contributed by atoms with Crippen LogP contribution in [0.4, 0.5) is 5.69 Å². The fraction of sp³-hybridized carbons (Fsp3) is 0.111. The SMILES string of the molecule is N#CCCn1cc(C(=O)Nc2ccc(C(=O)[O-])cc2)c(-c2cccs2)n1. The number of amides is 1. The highest BCUT2D eigenvalue weighted by Gasteiger charge is 2.19. The molecule has 8 heteroatoms. The van der Waals surface area contributed by atoms with Crippen molar-refractivity contribution in [2.45, 2.75) is 13.0 Å². The number of aromatic nitrogens is 2. The van der Waals surface area contributed by atoms with Crippen LogP contribution in [0.3, 0.4) is 0 Å². The molecule has 0 aliphatic rings. The van der Waals surface area contributed by atoms with Crippen LogP contribution in [-0.2, 0) is 6.54 Å². The van der Waals surface area contributed by atoms with Gasteiger partial charge in [-0.1, -0.05) is 18.2 Å². The molecule has 2 aromatic heterocycles. The lowest BCUT2D eigenvalue weighted by molar-refractivity contribution is -0.255. The molecule has 1 aromatic carbocycles. The van der Waals surface area contributed by atoms with E-state index in [9.17, 15) is 14.7 Å². The molecule has 26 heavy (non-hydrogen) atoms. The van der Waals surface area contributed by atoms with E-state index in [-0.39, 0.29) is 17.9 Å².